The van der Waals surface area contributed by atoms with Gasteiger partial charge in [-0.15, -0.1) is 11.3 Å². The van der Waals surface area contributed by atoms with Crippen LogP contribution in [0.2, 0.25) is 0 Å². The number of carbonyl (C=O) groups excluding carboxylic acids is 1. The van der Waals surface area contributed by atoms with Crippen LogP contribution in [0.4, 0.5) is 0 Å². The Balaban J connectivity index is 1.76. The Labute approximate surface area is 124 Å². The molecular weight excluding hydrogens is 272 g/mol. The minimum atomic E-state index is -0.235. The zero-order chi connectivity index (χ0) is 14.0. The van der Waals surface area contributed by atoms with Gasteiger partial charge in [0.25, 0.3) is 0 Å². The second-order valence-corrected chi connectivity index (χ2v) is 6.86. The number of aryl methyl sites for hydroxylation is 1. The lowest BCUT2D eigenvalue weighted by atomic mass is 9.87. The van der Waals surface area contributed by atoms with E-state index in [1.165, 1.54) is 12.8 Å². The van der Waals surface area contributed by atoms with Gasteiger partial charge in [0.05, 0.1) is 35.9 Å². The Morgan fingerprint density at radius 2 is 2.10 bits per heavy atom. The molecule has 0 N–H and O–H groups in total. The van der Waals surface area contributed by atoms with Crippen molar-refractivity contribution in [2.75, 3.05) is 26.3 Å². The first kappa shape index (κ1) is 14.2. The lowest BCUT2D eigenvalue weighted by molar-refractivity contribution is -0.133. The SMILES string of the molecule is Cc1nc(CC(=O)C2(N3CCOCC3)CCCC2)cs1. The molecule has 20 heavy (non-hydrogen) atoms. The Kier molecular flexibility index (Phi) is 4.19. The smallest absolute Gasteiger partial charge is 0.159 e. The van der Waals surface area contributed by atoms with Crippen LogP contribution in [0, 0.1) is 6.92 Å². The molecule has 0 atom stereocenters. The van der Waals surface area contributed by atoms with E-state index >= 15 is 0 Å². The Morgan fingerprint density at radius 3 is 2.70 bits per heavy atom. The second kappa shape index (κ2) is 5.92. The number of ether oxygens (including phenoxy) is 1. The number of Topliss-reactive ketones (excluding diaryl/α,β-unsaturated/α-hetero) is 1. The number of nitrogens with zero attached hydrogens (tertiary/aromatic N) is 2. The molecule has 0 bridgehead atoms. The number of ketones is 1. The van der Waals surface area contributed by atoms with Crippen molar-refractivity contribution >= 4 is 17.1 Å². The van der Waals surface area contributed by atoms with Gasteiger partial charge in [-0.1, -0.05) is 12.8 Å². The van der Waals surface area contributed by atoms with Crippen molar-refractivity contribution in [1.82, 2.24) is 9.88 Å². The van der Waals surface area contributed by atoms with Crippen molar-refractivity contribution in [2.45, 2.75) is 44.6 Å². The van der Waals surface area contributed by atoms with E-state index in [0.29, 0.717) is 12.2 Å². The molecule has 110 valence electrons. The van der Waals surface area contributed by atoms with E-state index < -0.39 is 0 Å². The van der Waals surface area contributed by atoms with Crippen molar-refractivity contribution in [3.63, 3.8) is 0 Å². The number of morpholine rings is 1. The summed E-state index contributed by atoms with van der Waals surface area (Å²) in [6, 6.07) is 0. The summed E-state index contributed by atoms with van der Waals surface area (Å²) in [7, 11) is 0. The van der Waals surface area contributed by atoms with Gasteiger partial charge < -0.3 is 4.74 Å². The fraction of sp³-hybridized carbons (Fsp3) is 0.733. The molecule has 1 aromatic rings. The molecule has 0 aromatic carbocycles. The van der Waals surface area contributed by atoms with E-state index in [0.717, 1.165) is 49.8 Å². The third-order valence-corrected chi connectivity index (χ3v) is 5.40. The van der Waals surface area contributed by atoms with Gasteiger partial charge in [0.15, 0.2) is 5.78 Å². The molecule has 1 saturated carbocycles. The van der Waals surface area contributed by atoms with Gasteiger partial charge in [0.2, 0.25) is 0 Å². The Hall–Kier alpha value is -0.780. The summed E-state index contributed by atoms with van der Waals surface area (Å²) in [5, 5.41) is 3.06. The van der Waals surface area contributed by atoms with Crippen LogP contribution < -0.4 is 0 Å². The molecule has 0 radical (unpaired) electrons. The zero-order valence-electron chi connectivity index (χ0n) is 12.1. The van der Waals surface area contributed by atoms with Gasteiger partial charge in [-0.3, -0.25) is 9.69 Å². The molecule has 4 nitrogen and oxygen atoms in total. The maximum absolute atomic E-state index is 12.9. The third kappa shape index (κ3) is 2.67. The van der Waals surface area contributed by atoms with Gasteiger partial charge in [0, 0.05) is 18.5 Å². The van der Waals surface area contributed by atoms with Crippen LogP contribution in [0.25, 0.3) is 0 Å². The largest absolute Gasteiger partial charge is 0.379 e. The molecule has 2 fully saturated rings. The van der Waals surface area contributed by atoms with Crippen LogP contribution in [0.15, 0.2) is 5.38 Å². The quantitative estimate of drug-likeness (QED) is 0.854. The third-order valence-electron chi connectivity index (χ3n) is 4.57. The molecule has 3 rings (SSSR count). The van der Waals surface area contributed by atoms with Crippen LogP contribution >= 0.6 is 11.3 Å². The number of hydrogen-bond acceptors (Lipinski definition) is 5. The number of thiazole rings is 1. The number of rotatable bonds is 4. The van der Waals surface area contributed by atoms with Crippen LogP contribution in [-0.4, -0.2) is 47.5 Å². The standard InChI is InChI=1S/C15H22N2O2S/c1-12-16-13(11-20-12)10-14(18)15(4-2-3-5-15)17-6-8-19-9-7-17/h11H,2-10H2,1H3. The molecule has 2 aliphatic rings. The van der Waals surface area contributed by atoms with Crippen LogP contribution in [-0.2, 0) is 16.0 Å². The predicted octanol–water partition coefficient (Wildman–Crippen LogP) is 2.21. The lowest BCUT2D eigenvalue weighted by Gasteiger charge is -2.42. The molecular formula is C15H22N2O2S. The fourth-order valence-electron chi connectivity index (χ4n) is 3.54. The first-order valence-electron chi connectivity index (χ1n) is 7.48. The molecule has 2 heterocycles. The summed E-state index contributed by atoms with van der Waals surface area (Å²) in [6.45, 7) is 5.28. The lowest BCUT2D eigenvalue weighted by Crippen LogP contribution is -2.57. The zero-order valence-corrected chi connectivity index (χ0v) is 12.9. The van der Waals surface area contributed by atoms with E-state index in [2.05, 4.69) is 9.88 Å². The number of carbonyl (C=O) groups is 1. The van der Waals surface area contributed by atoms with Crippen molar-refractivity contribution in [3.05, 3.63) is 16.1 Å². The normalized spacial score (nSPS) is 23.1. The number of aromatic nitrogens is 1. The van der Waals surface area contributed by atoms with Gasteiger partial charge in [-0.05, 0) is 19.8 Å². The molecule has 5 heteroatoms. The van der Waals surface area contributed by atoms with E-state index in [1.807, 2.05) is 12.3 Å². The highest BCUT2D eigenvalue weighted by molar-refractivity contribution is 7.09. The molecule has 0 unspecified atom stereocenters. The molecule has 1 aliphatic carbocycles. The molecule has 0 amide bonds. The van der Waals surface area contributed by atoms with E-state index in [4.69, 9.17) is 4.74 Å². The van der Waals surface area contributed by atoms with Gasteiger partial charge in [-0.2, -0.15) is 0 Å². The summed E-state index contributed by atoms with van der Waals surface area (Å²) in [6.07, 6.45) is 4.84. The van der Waals surface area contributed by atoms with Crippen molar-refractivity contribution in [2.24, 2.45) is 0 Å². The van der Waals surface area contributed by atoms with Crippen molar-refractivity contribution in [1.29, 1.82) is 0 Å². The highest BCUT2D eigenvalue weighted by Gasteiger charge is 2.45. The van der Waals surface area contributed by atoms with E-state index in [1.54, 1.807) is 11.3 Å². The van der Waals surface area contributed by atoms with E-state index in [9.17, 15) is 4.79 Å². The summed E-state index contributed by atoms with van der Waals surface area (Å²) < 4.78 is 5.44. The van der Waals surface area contributed by atoms with Gasteiger partial charge in [-0.25, -0.2) is 4.98 Å². The van der Waals surface area contributed by atoms with Gasteiger partial charge in [0.1, 0.15) is 0 Å². The molecule has 0 spiro atoms. The Morgan fingerprint density at radius 1 is 1.40 bits per heavy atom. The molecule has 1 aromatic heterocycles. The predicted molar refractivity (Wildman–Crippen MR) is 79.2 cm³/mol. The maximum Gasteiger partial charge on any atom is 0.159 e. The Bertz CT molecular complexity index is 474. The molecule has 1 aliphatic heterocycles. The first-order chi connectivity index (χ1) is 9.71. The summed E-state index contributed by atoms with van der Waals surface area (Å²) in [4.78, 5) is 19.8. The minimum Gasteiger partial charge on any atom is -0.379 e. The topological polar surface area (TPSA) is 42.4 Å². The summed E-state index contributed by atoms with van der Waals surface area (Å²) >= 11 is 1.63. The van der Waals surface area contributed by atoms with Crippen LogP contribution in [0.1, 0.15) is 36.4 Å². The number of hydrogen-bond donors (Lipinski definition) is 0. The van der Waals surface area contributed by atoms with Crippen molar-refractivity contribution < 1.29 is 9.53 Å². The monoisotopic (exact) mass is 294 g/mol. The summed E-state index contributed by atoms with van der Waals surface area (Å²) in [5.74, 6) is 0.363. The molecule has 1 saturated heterocycles. The van der Waals surface area contributed by atoms with Crippen LogP contribution in [0.5, 0.6) is 0 Å². The summed E-state index contributed by atoms with van der Waals surface area (Å²) in [5.41, 5.74) is 0.707. The average molecular weight is 294 g/mol. The highest BCUT2D eigenvalue weighted by atomic mass is 32.1. The second-order valence-electron chi connectivity index (χ2n) is 5.80. The maximum atomic E-state index is 12.9. The van der Waals surface area contributed by atoms with Gasteiger partial charge >= 0.3 is 0 Å². The van der Waals surface area contributed by atoms with Crippen molar-refractivity contribution in [3.8, 4) is 0 Å². The fourth-order valence-corrected chi connectivity index (χ4v) is 4.15. The van der Waals surface area contributed by atoms with Crippen LogP contribution in [0.3, 0.4) is 0 Å². The van der Waals surface area contributed by atoms with E-state index in [-0.39, 0.29) is 5.54 Å². The highest BCUT2D eigenvalue weighted by Crippen LogP contribution is 2.37. The minimum absolute atomic E-state index is 0.235. The first-order valence-corrected chi connectivity index (χ1v) is 8.36. The average Bonchev–Trinajstić information content (AvgIpc) is 3.10.